The lowest BCUT2D eigenvalue weighted by atomic mass is 10.1. The molecule has 100 valence electrons. The molecule has 4 nitrogen and oxygen atoms in total. The molecule has 0 radical (unpaired) electrons. The molecule has 1 aromatic heterocycles. The molecule has 0 amide bonds. The molecule has 0 bridgehead atoms. The van der Waals surface area contributed by atoms with Gasteiger partial charge in [0, 0.05) is 18.3 Å². The van der Waals surface area contributed by atoms with Crippen molar-refractivity contribution in [1.82, 2.24) is 9.78 Å². The summed E-state index contributed by atoms with van der Waals surface area (Å²) in [5.41, 5.74) is 0.752. The zero-order chi connectivity index (χ0) is 13.8. The Morgan fingerprint density at radius 3 is 2.84 bits per heavy atom. The van der Waals surface area contributed by atoms with Gasteiger partial charge in [0.25, 0.3) is 0 Å². The van der Waals surface area contributed by atoms with Crippen LogP contribution in [-0.2, 0) is 6.54 Å². The molecule has 0 spiro atoms. The van der Waals surface area contributed by atoms with Crippen molar-refractivity contribution in [2.45, 2.75) is 19.9 Å². The van der Waals surface area contributed by atoms with Crippen LogP contribution in [0.25, 0.3) is 0 Å². The van der Waals surface area contributed by atoms with E-state index in [1.807, 2.05) is 6.92 Å². The molecule has 1 heterocycles. The first-order chi connectivity index (χ1) is 9.17. The summed E-state index contributed by atoms with van der Waals surface area (Å²) in [5.74, 6) is -0.666. The molecule has 0 saturated heterocycles. The van der Waals surface area contributed by atoms with Crippen molar-refractivity contribution in [3.8, 4) is 5.75 Å². The van der Waals surface area contributed by atoms with E-state index in [0.29, 0.717) is 12.2 Å². The van der Waals surface area contributed by atoms with Crippen LogP contribution in [0.4, 0.5) is 4.39 Å². The molecule has 0 N–H and O–H groups in total. The van der Waals surface area contributed by atoms with Gasteiger partial charge in [-0.3, -0.25) is 9.48 Å². The second-order valence-corrected chi connectivity index (χ2v) is 4.12. The topological polar surface area (TPSA) is 44.1 Å². The number of carbonyl (C=O) groups is 1. The maximum atomic E-state index is 13.6. The molecule has 5 heteroatoms. The lowest BCUT2D eigenvalue weighted by Gasteiger charge is -2.07. The van der Waals surface area contributed by atoms with E-state index in [4.69, 9.17) is 4.74 Å². The van der Waals surface area contributed by atoms with Crippen molar-refractivity contribution >= 4 is 5.78 Å². The zero-order valence-corrected chi connectivity index (χ0v) is 10.9. The number of ether oxygens (including phenoxy) is 1. The fraction of sp³-hybridized carbons (Fsp3) is 0.286. The predicted octanol–water partition coefficient (Wildman–Crippen LogP) is 2.67. The summed E-state index contributed by atoms with van der Waals surface area (Å²) >= 11 is 0. The highest BCUT2D eigenvalue weighted by atomic mass is 19.1. The van der Waals surface area contributed by atoms with Crippen molar-refractivity contribution in [1.29, 1.82) is 0 Å². The summed E-state index contributed by atoms with van der Waals surface area (Å²) in [6.07, 6.45) is 2.45. The number of benzene rings is 1. The Bertz CT molecular complexity index is 593. The van der Waals surface area contributed by atoms with Gasteiger partial charge in [0.2, 0.25) is 5.78 Å². The highest BCUT2D eigenvalue weighted by Crippen LogP contribution is 2.19. The van der Waals surface area contributed by atoms with Gasteiger partial charge in [0.15, 0.2) is 11.6 Å². The summed E-state index contributed by atoms with van der Waals surface area (Å²) in [6.45, 7) is 2.66. The minimum Gasteiger partial charge on any atom is -0.494 e. The van der Waals surface area contributed by atoms with Crippen molar-refractivity contribution in [3.05, 3.63) is 47.5 Å². The molecule has 0 aliphatic rings. The van der Waals surface area contributed by atoms with E-state index < -0.39 is 5.82 Å². The highest BCUT2D eigenvalue weighted by Gasteiger charge is 2.16. The summed E-state index contributed by atoms with van der Waals surface area (Å²) in [7, 11) is 1.39. The molecule has 19 heavy (non-hydrogen) atoms. The van der Waals surface area contributed by atoms with Crippen LogP contribution < -0.4 is 4.74 Å². The van der Waals surface area contributed by atoms with Crippen molar-refractivity contribution < 1.29 is 13.9 Å². The maximum Gasteiger partial charge on any atom is 0.211 e. The Morgan fingerprint density at radius 2 is 2.21 bits per heavy atom. The van der Waals surface area contributed by atoms with Gasteiger partial charge >= 0.3 is 0 Å². The Kier molecular flexibility index (Phi) is 3.94. The first-order valence-corrected chi connectivity index (χ1v) is 6.07. The summed E-state index contributed by atoms with van der Waals surface area (Å²) in [6, 6.07) is 5.82. The smallest absolute Gasteiger partial charge is 0.211 e. The Hall–Kier alpha value is -2.17. The molecule has 0 aliphatic heterocycles. The molecule has 0 fully saturated rings. The number of aromatic nitrogens is 2. The Morgan fingerprint density at radius 1 is 1.42 bits per heavy atom. The van der Waals surface area contributed by atoms with Gasteiger partial charge in [-0.15, -0.1) is 0 Å². The Labute approximate surface area is 110 Å². The SMILES string of the molecule is CCCn1nccc1C(=O)c1ccc(OC)c(F)c1. The van der Waals surface area contributed by atoms with E-state index in [1.165, 1.54) is 19.2 Å². The normalized spacial score (nSPS) is 10.5. The van der Waals surface area contributed by atoms with Gasteiger partial charge in [0.1, 0.15) is 5.69 Å². The predicted molar refractivity (Wildman–Crippen MR) is 68.9 cm³/mol. The molecular formula is C14H15FN2O2. The summed E-state index contributed by atoms with van der Waals surface area (Å²) in [5, 5.41) is 4.09. The molecule has 0 saturated carbocycles. The van der Waals surface area contributed by atoms with E-state index in [9.17, 15) is 9.18 Å². The molecule has 1 aromatic carbocycles. The number of hydrogen-bond donors (Lipinski definition) is 0. The first kappa shape index (κ1) is 13.3. The molecule has 2 aromatic rings. The fourth-order valence-electron chi connectivity index (χ4n) is 1.87. The van der Waals surface area contributed by atoms with Crippen LogP contribution >= 0.6 is 0 Å². The molecule has 0 aliphatic carbocycles. The van der Waals surface area contributed by atoms with Crippen molar-refractivity contribution in [2.75, 3.05) is 7.11 Å². The van der Waals surface area contributed by atoms with Crippen LogP contribution in [-0.4, -0.2) is 22.7 Å². The standard InChI is InChI=1S/C14H15FN2O2/c1-3-8-17-12(6-7-16-17)14(18)10-4-5-13(19-2)11(15)9-10/h4-7,9H,3,8H2,1-2H3. The third-order valence-corrected chi connectivity index (χ3v) is 2.80. The average molecular weight is 262 g/mol. The third kappa shape index (κ3) is 2.65. The lowest BCUT2D eigenvalue weighted by molar-refractivity contribution is 0.102. The van der Waals surface area contributed by atoms with E-state index in [2.05, 4.69) is 5.10 Å². The fourth-order valence-corrected chi connectivity index (χ4v) is 1.87. The van der Waals surface area contributed by atoms with Crippen LogP contribution in [0.3, 0.4) is 0 Å². The number of nitrogens with zero attached hydrogens (tertiary/aromatic N) is 2. The van der Waals surface area contributed by atoms with Crippen LogP contribution in [0.5, 0.6) is 5.75 Å². The largest absolute Gasteiger partial charge is 0.494 e. The number of carbonyl (C=O) groups excluding carboxylic acids is 1. The maximum absolute atomic E-state index is 13.6. The summed E-state index contributed by atoms with van der Waals surface area (Å²) in [4.78, 5) is 12.3. The van der Waals surface area contributed by atoms with Gasteiger partial charge in [-0.25, -0.2) is 4.39 Å². The van der Waals surface area contributed by atoms with E-state index in [0.717, 1.165) is 6.42 Å². The van der Waals surface area contributed by atoms with Crippen molar-refractivity contribution in [3.63, 3.8) is 0 Å². The molecule has 0 atom stereocenters. The van der Waals surface area contributed by atoms with E-state index in [-0.39, 0.29) is 17.1 Å². The number of aryl methyl sites for hydroxylation is 1. The van der Waals surface area contributed by atoms with Gasteiger partial charge in [-0.2, -0.15) is 5.10 Å². The van der Waals surface area contributed by atoms with Gasteiger partial charge in [-0.1, -0.05) is 6.92 Å². The number of halogens is 1. The Balaban J connectivity index is 2.33. The monoisotopic (exact) mass is 262 g/mol. The van der Waals surface area contributed by atoms with E-state index in [1.54, 1.807) is 23.0 Å². The van der Waals surface area contributed by atoms with Gasteiger partial charge < -0.3 is 4.74 Å². The van der Waals surface area contributed by atoms with E-state index >= 15 is 0 Å². The van der Waals surface area contributed by atoms with Crippen LogP contribution in [0.2, 0.25) is 0 Å². The number of ketones is 1. The number of methoxy groups -OCH3 is 1. The molecule has 0 unspecified atom stereocenters. The second-order valence-electron chi connectivity index (χ2n) is 4.12. The van der Waals surface area contributed by atoms with Crippen molar-refractivity contribution in [2.24, 2.45) is 0 Å². The van der Waals surface area contributed by atoms with Gasteiger partial charge in [-0.05, 0) is 30.7 Å². The number of rotatable bonds is 5. The molecule has 2 rings (SSSR count). The minimum absolute atomic E-state index is 0.124. The average Bonchev–Trinajstić information content (AvgIpc) is 2.86. The van der Waals surface area contributed by atoms with Crippen LogP contribution in [0.15, 0.2) is 30.5 Å². The zero-order valence-electron chi connectivity index (χ0n) is 10.9. The minimum atomic E-state index is -0.546. The third-order valence-electron chi connectivity index (χ3n) is 2.80. The second kappa shape index (κ2) is 5.65. The van der Waals surface area contributed by atoms with Crippen LogP contribution in [0.1, 0.15) is 29.4 Å². The summed E-state index contributed by atoms with van der Waals surface area (Å²) < 4.78 is 20.1. The van der Waals surface area contributed by atoms with Crippen LogP contribution in [0, 0.1) is 5.82 Å². The molecular weight excluding hydrogens is 247 g/mol. The van der Waals surface area contributed by atoms with Gasteiger partial charge in [0.05, 0.1) is 7.11 Å². The highest BCUT2D eigenvalue weighted by molar-refractivity contribution is 6.07. The quantitative estimate of drug-likeness (QED) is 0.778. The number of hydrogen-bond acceptors (Lipinski definition) is 3. The first-order valence-electron chi connectivity index (χ1n) is 6.07. The lowest BCUT2D eigenvalue weighted by Crippen LogP contribution is -2.11.